The van der Waals surface area contributed by atoms with Crippen molar-refractivity contribution in [1.82, 2.24) is 9.13 Å². The van der Waals surface area contributed by atoms with E-state index >= 15 is 0 Å². The molecule has 0 aliphatic rings. The first-order valence-corrected chi connectivity index (χ1v) is 8.78. The van der Waals surface area contributed by atoms with Gasteiger partial charge in [-0.2, -0.15) is 0 Å². The minimum absolute atomic E-state index is 0.0738. The number of para-hydroxylation sites is 2. The van der Waals surface area contributed by atoms with Gasteiger partial charge in [0, 0.05) is 30.4 Å². The number of benzene rings is 2. The Balaban J connectivity index is 1.89. The molecular weight excluding hydrogens is 346 g/mol. The summed E-state index contributed by atoms with van der Waals surface area (Å²) in [6.07, 6.45) is 0.837. The SMILES string of the molecule is CCCn1c(=O)n(CC(=O)Nc2cc(OC)cc(OC)c2)c2ccccc21. The van der Waals surface area contributed by atoms with Gasteiger partial charge in [0.05, 0.1) is 25.3 Å². The van der Waals surface area contributed by atoms with E-state index in [2.05, 4.69) is 5.32 Å². The van der Waals surface area contributed by atoms with Crippen molar-refractivity contribution in [2.24, 2.45) is 0 Å². The smallest absolute Gasteiger partial charge is 0.329 e. The summed E-state index contributed by atoms with van der Waals surface area (Å²) in [5.74, 6) is 0.842. The molecule has 3 rings (SSSR count). The van der Waals surface area contributed by atoms with Gasteiger partial charge in [0.15, 0.2) is 0 Å². The number of rotatable bonds is 7. The molecule has 0 saturated heterocycles. The summed E-state index contributed by atoms with van der Waals surface area (Å²) in [4.78, 5) is 25.4. The quantitative estimate of drug-likeness (QED) is 0.695. The number of nitrogens with one attached hydrogen (secondary N) is 1. The zero-order chi connectivity index (χ0) is 19.4. The van der Waals surface area contributed by atoms with Crippen LogP contribution in [-0.4, -0.2) is 29.3 Å². The number of carbonyl (C=O) groups excluding carboxylic acids is 1. The van der Waals surface area contributed by atoms with Crippen molar-refractivity contribution in [3.63, 3.8) is 0 Å². The van der Waals surface area contributed by atoms with E-state index in [-0.39, 0.29) is 18.1 Å². The molecule has 0 aliphatic carbocycles. The van der Waals surface area contributed by atoms with Gasteiger partial charge in [-0.1, -0.05) is 19.1 Å². The molecule has 0 fully saturated rings. The van der Waals surface area contributed by atoms with Crippen molar-refractivity contribution >= 4 is 22.6 Å². The van der Waals surface area contributed by atoms with Crippen LogP contribution >= 0.6 is 0 Å². The van der Waals surface area contributed by atoms with E-state index in [1.54, 1.807) is 37.0 Å². The summed E-state index contributed by atoms with van der Waals surface area (Å²) < 4.78 is 13.6. The van der Waals surface area contributed by atoms with Crippen LogP contribution in [0.4, 0.5) is 5.69 Å². The molecule has 0 bridgehead atoms. The molecule has 7 heteroatoms. The lowest BCUT2D eigenvalue weighted by molar-refractivity contribution is -0.116. The third-order valence-corrected chi connectivity index (χ3v) is 4.31. The number of anilines is 1. The van der Waals surface area contributed by atoms with E-state index in [0.717, 1.165) is 17.5 Å². The molecule has 0 radical (unpaired) electrons. The van der Waals surface area contributed by atoms with Crippen LogP contribution in [0.1, 0.15) is 13.3 Å². The largest absolute Gasteiger partial charge is 0.497 e. The van der Waals surface area contributed by atoms with Gasteiger partial charge in [0.25, 0.3) is 0 Å². The summed E-state index contributed by atoms with van der Waals surface area (Å²) in [5.41, 5.74) is 1.94. The second kappa shape index (κ2) is 7.99. The van der Waals surface area contributed by atoms with Crippen molar-refractivity contribution in [2.45, 2.75) is 26.4 Å². The Kier molecular flexibility index (Phi) is 5.49. The fourth-order valence-electron chi connectivity index (χ4n) is 3.09. The highest BCUT2D eigenvalue weighted by Gasteiger charge is 2.15. The first-order chi connectivity index (χ1) is 13.1. The Hall–Kier alpha value is -3.22. The van der Waals surface area contributed by atoms with Crippen LogP contribution in [0, 0.1) is 0 Å². The molecule has 0 spiro atoms. The number of ether oxygens (including phenoxy) is 2. The highest BCUT2D eigenvalue weighted by molar-refractivity contribution is 5.92. The minimum atomic E-state index is -0.299. The zero-order valence-corrected chi connectivity index (χ0v) is 15.7. The van der Waals surface area contributed by atoms with Crippen molar-refractivity contribution < 1.29 is 14.3 Å². The zero-order valence-electron chi connectivity index (χ0n) is 15.7. The Labute approximate surface area is 157 Å². The third-order valence-electron chi connectivity index (χ3n) is 4.31. The number of methoxy groups -OCH3 is 2. The third kappa shape index (κ3) is 3.81. The van der Waals surface area contributed by atoms with Crippen LogP contribution in [0.5, 0.6) is 11.5 Å². The second-order valence-electron chi connectivity index (χ2n) is 6.16. The molecule has 3 aromatic rings. The number of imidazole rings is 1. The lowest BCUT2D eigenvalue weighted by Crippen LogP contribution is -2.29. The Morgan fingerprint density at radius 1 is 1.00 bits per heavy atom. The summed E-state index contributed by atoms with van der Waals surface area (Å²) in [6, 6.07) is 12.6. The van der Waals surface area contributed by atoms with Gasteiger partial charge >= 0.3 is 5.69 Å². The van der Waals surface area contributed by atoms with Gasteiger partial charge in [0.1, 0.15) is 18.0 Å². The number of aromatic nitrogens is 2. The molecular formula is C20H23N3O4. The molecule has 7 nitrogen and oxygen atoms in total. The van der Waals surface area contributed by atoms with Crippen molar-refractivity contribution in [2.75, 3.05) is 19.5 Å². The summed E-state index contributed by atoms with van der Waals surface area (Å²) in [5, 5.41) is 2.81. The standard InChI is InChI=1S/C20H23N3O4/c1-4-9-22-17-7-5-6-8-18(17)23(20(22)25)13-19(24)21-14-10-15(26-2)12-16(11-14)27-3/h5-8,10-12H,4,9,13H2,1-3H3,(H,21,24). The highest BCUT2D eigenvalue weighted by atomic mass is 16.5. The van der Waals surface area contributed by atoms with Crippen LogP contribution in [0.3, 0.4) is 0 Å². The topological polar surface area (TPSA) is 74.5 Å². The van der Waals surface area contributed by atoms with Crippen molar-refractivity contribution in [3.8, 4) is 11.5 Å². The molecule has 1 aromatic heterocycles. The van der Waals surface area contributed by atoms with Gasteiger partial charge < -0.3 is 14.8 Å². The second-order valence-corrected chi connectivity index (χ2v) is 6.16. The minimum Gasteiger partial charge on any atom is -0.497 e. The van der Waals surface area contributed by atoms with E-state index in [0.29, 0.717) is 23.7 Å². The number of amides is 1. The molecule has 0 atom stereocenters. The Bertz CT molecular complexity index is 997. The molecule has 1 amide bonds. The van der Waals surface area contributed by atoms with Crippen LogP contribution in [0.2, 0.25) is 0 Å². The monoisotopic (exact) mass is 369 g/mol. The van der Waals surface area contributed by atoms with E-state index < -0.39 is 0 Å². The molecule has 1 heterocycles. The van der Waals surface area contributed by atoms with Gasteiger partial charge in [-0.05, 0) is 18.6 Å². The van der Waals surface area contributed by atoms with Crippen LogP contribution < -0.4 is 20.5 Å². The molecule has 1 N–H and O–H groups in total. The lowest BCUT2D eigenvalue weighted by atomic mass is 10.2. The van der Waals surface area contributed by atoms with E-state index in [9.17, 15) is 9.59 Å². The number of hydrogen-bond donors (Lipinski definition) is 1. The van der Waals surface area contributed by atoms with Gasteiger partial charge in [0.2, 0.25) is 5.91 Å². The van der Waals surface area contributed by atoms with Crippen molar-refractivity contribution in [3.05, 3.63) is 52.9 Å². The number of fused-ring (bicyclic) bond motifs is 1. The maximum Gasteiger partial charge on any atom is 0.329 e. The van der Waals surface area contributed by atoms with Gasteiger partial charge in [-0.3, -0.25) is 13.9 Å². The van der Waals surface area contributed by atoms with Gasteiger partial charge in [-0.15, -0.1) is 0 Å². The first kappa shape index (κ1) is 18.6. The van der Waals surface area contributed by atoms with Crippen LogP contribution in [0.15, 0.2) is 47.3 Å². The number of hydrogen-bond acceptors (Lipinski definition) is 4. The average molecular weight is 369 g/mol. The molecule has 0 aliphatic heterocycles. The predicted octanol–water partition coefficient (Wildman–Crippen LogP) is 2.87. The maximum absolute atomic E-state index is 12.8. The lowest BCUT2D eigenvalue weighted by Gasteiger charge is -2.10. The van der Waals surface area contributed by atoms with Gasteiger partial charge in [-0.25, -0.2) is 4.79 Å². The Morgan fingerprint density at radius 3 is 2.15 bits per heavy atom. The molecule has 27 heavy (non-hydrogen) atoms. The summed E-state index contributed by atoms with van der Waals surface area (Å²) in [6.45, 7) is 2.55. The predicted molar refractivity (Wildman–Crippen MR) is 105 cm³/mol. The molecule has 0 unspecified atom stereocenters. The first-order valence-electron chi connectivity index (χ1n) is 8.78. The number of aryl methyl sites for hydroxylation is 1. The number of nitrogens with zero attached hydrogens (tertiary/aromatic N) is 2. The molecule has 142 valence electrons. The fourth-order valence-corrected chi connectivity index (χ4v) is 3.09. The van der Waals surface area contributed by atoms with E-state index in [1.807, 2.05) is 31.2 Å². The van der Waals surface area contributed by atoms with E-state index in [4.69, 9.17) is 9.47 Å². The van der Waals surface area contributed by atoms with Crippen LogP contribution in [-0.2, 0) is 17.9 Å². The average Bonchev–Trinajstić information content (AvgIpc) is 2.94. The Morgan fingerprint density at radius 2 is 1.59 bits per heavy atom. The summed E-state index contributed by atoms with van der Waals surface area (Å²) in [7, 11) is 3.09. The van der Waals surface area contributed by atoms with Crippen molar-refractivity contribution in [1.29, 1.82) is 0 Å². The normalized spacial score (nSPS) is 10.8. The maximum atomic E-state index is 12.8. The summed E-state index contributed by atoms with van der Waals surface area (Å²) >= 11 is 0. The fraction of sp³-hybridized carbons (Fsp3) is 0.300. The van der Waals surface area contributed by atoms with E-state index in [1.165, 1.54) is 4.57 Å². The highest BCUT2D eigenvalue weighted by Crippen LogP contribution is 2.25. The molecule has 0 saturated carbocycles. The number of carbonyl (C=O) groups is 1. The van der Waals surface area contributed by atoms with Crippen LogP contribution in [0.25, 0.3) is 11.0 Å². The molecule has 2 aromatic carbocycles.